The van der Waals surface area contributed by atoms with Crippen LogP contribution in [0.1, 0.15) is 0 Å². The van der Waals surface area contributed by atoms with Gasteiger partial charge in [-0.25, -0.2) is 0 Å². The SMILES string of the molecule is S=c1[nH]c(-c2ccc3c(c2)OCO3)c(-c2cccc(Cl)c2)o1. The Kier molecular flexibility index (Phi) is 3.17. The molecule has 0 saturated heterocycles. The zero-order valence-electron chi connectivity index (χ0n) is 11.3. The minimum atomic E-state index is 0.237. The van der Waals surface area contributed by atoms with Gasteiger partial charge in [0.1, 0.15) is 0 Å². The van der Waals surface area contributed by atoms with Gasteiger partial charge in [0.15, 0.2) is 17.3 Å². The van der Waals surface area contributed by atoms with Crippen molar-refractivity contribution < 1.29 is 13.9 Å². The van der Waals surface area contributed by atoms with E-state index in [1.807, 2.05) is 42.5 Å². The molecule has 0 fully saturated rings. The molecule has 0 atom stereocenters. The van der Waals surface area contributed by atoms with Crippen LogP contribution >= 0.6 is 23.8 Å². The van der Waals surface area contributed by atoms with Gasteiger partial charge in [-0.15, -0.1) is 0 Å². The summed E-state index contributed by atoms with van der Waals surface area (Å²) in [5.41, 5.74) is 2.54. The maximum absolute atomic E-state index is 6.06. The summed E-state index contributed by atoms with van der Waals surface area (Å²) in [4.78, 5) is 3.39. The molecule has 4 rings (SSSR count). The number of hydrogen-bond donors (Lipinski definition) is 1. The van der Waals surface area contributed by atoms with Gasteiger partial charge in [-0.1, -0.05) is 23.7 Å². The molecule has 1 aliphatic rings. The average molecular weight is 332 g/mol. The fourth-order valence-corrected chi connectivity index (χ4v) is 2.79. The Morgan fingerprint density at radius 2 is 1.86 bits per heavy atom. The highest BCUT2D eigenvalue weighted by Gasteiger charge is 2.18. The van der Waals surface area contributed by atoms with Gasteiger partial charge < -0.3 is 18.9 Å². The van der Waals surface area contributed by atoms with E-state index in [4.69, 9.17) is 37.7 Å². The molecule has 0 amide bonds. The average Bonchev–Trinajstić information content (AvgIpc) is 3.12. The first-order valence-corrected chi connectivity index (χ1v) is 7.38. The molecule has 22 heavy (non-hydrogen) atoms. The van der Waals surface area contributed by atoms with Crippen LogP contribution in [0.25, 0.3) is 22.6 Å². The number of halogens is 1. The topological polar surface area (TPSA) is 47.4 Å². The highest BCUT2D eigenvalue weighted by molar-refractivity contribution is 7.71. The number of benzene rings is 2. The van der Waals surface area contributed by atoms with Gasteiger partial charge in [-0.05, 0) is 42.5 Å². The van der Waals surface area contributed by atoms with Crippen molar-refractivity contribution in [3.63, 3.8) is 0 Å². The van der Waals surface area contributed by atoms with Crippen molar-refractivity contribution in [3.05, 3.63) is 52.3 Å². The molecule has 6 heteroatoms. The lowest BCUT2D eigenvalue weighted by Crippen LogP contribution is -1.92. The van der Waals surface area contributed by atoms with Crippen LogP contribution in [0, 0.1) is 4.84 Å². The lowest BCUT2D eigenvalue weighted by Gasteiger charge is -2.04. The molecule has 4 nitrogen and oxygen atoms in total. The molecule has 2 heterocycles. The first kappa shape index (κ1) is 13.4. The Bertz CT molecular complexity index is 916. The minimum absolute atomic E-state index is 0.237. The van der Waals surface area contributed by atoms with Gasteiger partial charge in [-0.3, -0.25) is 0 Å². The van der Waals surface area contributed by atoms with Crippen LogP contribution in [0.2, 0.25) is 5.02 Å². The first-order chi connectivity index (χ1) is 10.7. The van der Waals surface area contributed by atoms with Crippen LogP contribution in [0.15, 0.2) is 46.9 Å². The Morgan fingerprint density at radius 1 is 1.00 bits per heavy atom. The third-order valence-corrected chi connectivity index (χ3v) is 3.82. The number of fused-ring (bicyclic) bond motifs is 1. The largest absolute Gasteiger partial charge is 0.454 e. The predicted molar refractivity (Wildman–Crippen MR) is 85.9 cm³/mol. The molecule has 110 valence electrons. The number of nitrogens with one attached hydrogen (secondary N) is 1. The van der Waals surface area contributed by atoms with Crippen molar-refractivity contribution in [1.82, 2.24) is 4.98 Å². The molecule has 1 aliphatic heterocycles. The van der Waals surface area contributed by atoms with Gasteiger partial charge in [0, 0.05) is 16.1 Å². The van der Waals surface area contributed by atoms with E-state index < -0.39 is 0 Å². The van der Waals surface area contributed by atoms with Gasteiger partial charge >= 0.3 is 0 Å². The predicted octanol–water partition coefficient (Wildman–Crippen LogP) is 5.05. The monoisotopic (exact) mass is 331 g/mol. The molecule has 2 aromatic carbocycles. The molecule has 0 bridgehead atoms. The summed E-state index contributed by atoms with van der Waals surface area (Å²) in [6.45, 7) is 0.237. The van der Waals surface area contributed by atoms with E-state index in [1.54, 1.807) is 0 Å². The molecule has 3 aromatic rings. The lowest BCUT2D eigenvalue weighted by atomic mass is 10.1. The van der Waals surface area contributed by atoms with E-state index in [0.29, 0.717) is 21.4 Å². The van der Waals surface area contributed by atoms with Gasteiger partial charge in [0.2, 0.25) is 6.79 Å². The Labute approximate surface area is 136 Å². The summed E-state index contributed by atoms with van der Waals surface area (Å²) in [5, 5.41) is 0.636. The van der Waals surface area contributed by atoms with Crippen LogP contribution in [0.3, 0.4) is 0 Å². The van der Waals surface area contributed by atoms with Crippen LogP contribution in [-0.2, 0) is 0 Å². The van der Waals surface area contributed by atoms with Crippen molar-refractivity contribution >= 4 is 23.8 Å². The number of hydrogen-bond acceptors (Lipinski definition) is 4. The van der Waals surface area contributed by atoms with Crippen LogP contribution in [0.5, 0.6) is 11.5 Å². The molecule has 1 N–H and O–H groups in total. The fraction of sp³-hybridized carbons (Fsp3) is 0.0625. The zero-order valence-corrected chi connectivity index (χ0v) is 12.8. The molecule has 0 saturated carbocycles. The maximum atomic E-state index is 6.06. The number of ether oxygens (including phenoxy) is 2. The second-order valence-corrected chi connectivity index (χ2v) is 5.60. The third-order valence-electron chi connectivity index (χ3n) is 3.40. The number of H-pyrrole nitrogens is 1. The molecule has 0 unspecified atom stereocenters. The smallest absolute Gasteiger partial charge is 0.266 e. The highest BCUT2D eigenvalue weighted by Crippen LogP contribution is 2.39. The van der Waals surface area contributed by atoms with Crippen molar-refractivity contribution in [2.75, 3.05) is 6.79 Å². The molecular weight excluding hydrogens is 322 g/mol. The molecule has 0 radical (unpaired) electrons. The van der Waals surface area contributed by atoms with Gasteiger partial charge in [0.25, 0.3) is 4.84 Å². The van der Waals surface area contributed by atoms with Gasteiger partial charge in [-0.2, -0.15) is 0 Å². The number of oxazole rings is 1. The minimum Gasteiger partial charge on any atom is -0.454 e. The maximum Gasteiger partial charge on any atom is 0.266 e. The Morgan fingerprint density at radius 3 is 2.73 bits per heavy atom. The van der Waals surface area contributed by atoms with Crippen molar-refractivity contribution in [2.24, 2.45) is 0 Å². The third kappa shape index (κ3) is 2.28. The van der Waals surface area contributed by atoms with Crippen LogP contribution in [0.4, 0.5) is 0 Å². The van der Waals surface area contributed by atoms with E-state index >= 15 is 0 Å². The molecule has 0 spiro atoms. The summed E-state index contributed by atoms with van der Waals surface area (Å²) in [7, 11) is 0. The summed E-state index contributed by atoms with van der Waals surface area (Å²) in [6.07, 6.45) is 0. The van der Waals surface area contributed by atoms with E-state index in [9.17, 15) is 0 Å². The van der Waals surface area contributed by atoms with E-state index in [1.165, 1.54) is 0 Å². The van der Waals surface area contributed by atoms with Crippen LogP contribution < -0.4 is 9.47 Å². The van der Waals surface area contributed by atoms with E-state index in [0.717, 1.165) is 22.6 Å². The summed E-state index contributed by atoms with van der Waals surface area (Å²) in [6, 6.07) is 13.1. The summed E-state index contributed by atoms with van der Waals surface area (Å²) >= 11 is 11.2. The fourth-order valence-electron chi connectivity index (χ4n) is 2.42. The standard InChI is InChI=1S/C16H10ClNO3S/c17-11-3-1-2-10(6-11)15-14(18-16(22)21-15)9-4-5-12-13(7-9)20-8-19-12/h1-7H,8H2,(H,18,22). The second-order valence-electron chi connectivity index (χ2n) is 4.80. The van der Waals surface area contributed by atoms with E-state index in [2.05, 4.69) is 4.98 Å². The van der Waals surface area contributed by atoms with Crippen molar-refractivity contribution in [2.45, 2.75) is 0 Å². The molecular formula is C16H10ClNO3S. The number of aromatic nitrogens is 1. The van der Waals surface area contributed by atoms with Crippen molar-refractivity contribution in [3.8, 4) is 34.1 Å². The van der Waals surface area contributed by atoms with Crippen molar-refractivity contribution in [1.29, 1.82) is 0 Å². The quantitative estimate of drug-likeness (QED) is 0.667. The number of aromatic amines is 1. The molecule has 0 aliphatic carbocycles. The summed E-state index contributed by atoms with van der Waals surface area (Å²) < 4.78 is 16.4. The normalized spacial score (nSPS) is 12.6. The summed E-state index contributed by atoms with van der Waals surface area (Å²) in [5.74, 6) is 2.08. The Hall–Kier alpha value is -2.24. The first-order valence-electron chi connectivity index (χ1n) is 6.60. The van der Waals surface area contributed by atoms with E-state index in [-0.39, 0.29) is 6.79 Å². The number of rotatable bonds is 2. The molecule has 1 aromatic heterocycles. The van der Waals surface area contributed by atoms with Crippen LogP contribution in [-0.4, -0.2) is 11.8 Å². The Balaban J connectivity index is 1.88. The second kappa shape index (κ2) is 5.19. The zero-order chi connectivity index (χ0) is 15.1. The van der Waals surface area contributed by atoms with Gasteiger partial charge in [0.05, 0.1) is 5.69 Å². The highest BCUT2D eigenvalue weighted by atomic mass is 35.5. The lowest BCUT2D eigenvalue weighted by molar-refractivity contribution is 0.174.